The molecule has 2 aromatic carbocycles. The lowest BCUT2D eigenvalue weighted by Crippen LogP contribution is -2.49. The van der Waals surface area contributed by atoms with Crippen LogP contribution in [-0.4, -0.2) is 40.9 Å². The van der Waals surface area contributed by atoms with Crippen LogP contribution in [0.2, 0.25) is 0 Å². The van der Waals surface area contributed by atoms with Crippen LogP contribution in [0.1, 0.15) is 43.7 Å². The van der Waals surface area contributed by atoms with E-state index in [4.69, 9.17) is 4.74 Å². The first-order chi connectivity index (χ1) is 15.5. The van der Waals surface area contributed by atoms with Crippen molar-refractivity contribution in [3.05, 3.63) is 53.6 Å². The van der Waals surface area contributed by atoms with E-state index >= 15 is 0 Å². The van der Waals surface area contributed by atoms with Gasteiger partial charge in [0, 0.05) is 13.0 Å². The summed E-state index contributed by atoms with van der Waals surface area (Å²) in [5.74, 6) is 0.351. The van der Waals surface area contributed by atoms with Crippen molar-refractivity contribution in [2.24, 2.45) is 0 Å². The monoisotopic (exact) mass is 433 g/mol. The van der Waals surface area contributed by atoms with Crippen LogP contribution in [0.4, 0.5) is 4.79 Å². The van der Waals surface area contributed by atoms with E-state index < -0.39 is 17.6 Å². The first-order valence-corrected chi connectivity index (χ1v) is 11.3. The molecular formula is C25H27N3O4. The molecule has 1 spiro atoms. The van der Waals surface area contributed by atoms with E-state index in [-0.39, 0.29) is 11.8 Å². The molecule has 2 N–H and O–H groups in total. The first-order valence-electron chi connectivity index (χ1n) is 11.3. The summed E-state index contributed by atoms with van der Waals surface area (Å²) < 4.78 is 5.57. The Morgan fingerprint density at radius 2 is 1.84 bits per heavy atom. The van der Waals surface area contributed by atoms with E-state index in [1.807, 2.05) is 30.3 Å². The molecule has 7 heteroatoms. The van der Waals surface area contributed by atoms with Crippen molar-refractivity contribution in [1.29, 1.82) is 0 Å². The van der Waals surface area contributed by atoms with Crippen LogP contribution in [-0.2, 0) is 22.6 Å². The number of imide groups is 1. The summed E-state index contributed by atoms with van der Waals surface area (Å²) in [4.78, 5) is 39.1. The number of nitrogens with one attached hydrogen (secondary N) is 2. The summed E-state index contributed by atoms with van der Waals surface area (Å²) in [6.45, 7) is 2.67. The smallest absolute Gasteiger partial charge is 0.325 e. The largest absolute Gasteiger partial charge is 0.493 e. The number of amides is 4. The van der Waals surface area contributed by atoms with Gasteiger partial charge in [0.2, 0.25) is 5.91 Å². The molecular weight excluding hydrogens is 406 g/mol. The van der Waals surface area contributed by atoms with Gasteiger partial charge in [0.25, 0.3) is 5.91 Å². The Bertz CT molecular complexity index is 1070. The summed E-state index contributed by atoms with van der Waals surface area (Å²) in [5, 5.41) is 5.69. The van der Waals surface area contributed by atoms with Crippen LogP contribution in [0.15, 0.2) is 42.5 Å². The molecule has 5 rings (SSSR count). The lowest BCUT2D eigenvalue weighted by molar-refractivity contribution is -0.137. The molecule has 1 aliphatic carbocycles. The van der Waals surface area contributed by atoms with Crippen molar-refractivity contribution < 1.29 is 19.1 Å². The Hall–Kier alpha value is -3.35. The number of benzene rings is 2. The highest BCUT2D eigenvalue weighted by Gasteiger charge is 2.54. The number of hydrogen-bond donors (Lipinski definition) is 2. The van der Waals surface area contributed by atoms with Gasteiger partial charge in [-0.15, -0.1) is 0 Å². The predicted molar refractivity (Wildman–Crippen MR) is 119 cm³/mol. The average molecular weight is 434 g/mol. The minimum Gasteiger partial charge on any atom is -0.493 e. The second kappa shape index (κ2) is 7.97. The topological polar surface area (TPSA) is 87.7 Å². The molecule has 2 fully saturated rings. The summed E-state index contributed by atoms with van der Waals surface area (Å²) >= 11 is 0. The molecule has 2 aliphatic heterocycles. The Labute approximate surface area is 187 Å². The fraction of sp³-hybridized carbons (Fsp3) is 0.400. The van der Waals surface area contributed by atoms with Gasteiger partial charge >= 0.3 is 6.03 Å². The standard InChI is InChI=1S/C25H27N3O4/c1-16(28-23(30)25(27-24(28)31)11-2-3-12-25)22(29)26-15-17-4-6-18(7-5-17)19-8-9-21-20(14-19)10-13-32-21/h4-9,14,16H,2-3,10-13,15H2,1H3,(H,26,29)(H,27,31). The van der Waals surface area contributed by atoms with E-state index in [9.17, 15) is 14.4 Å². The molecule has 1 atom stereocenters. The minimum atomic E-state index is -0.851. The molecule has 7 nitrogen and oxygen atoms in total. The van der Waals surface area contributed by atoms with Crippen LogP contribution in [0.3, 0.4) is 0 Å². The second-order valence-corrected chi connectivity index (χ2v) is 8.91. The summed E-state index contributed by atoms with van der Waals surface area (Å²) in [6, 6.07) is 12.9. The van der Waals surface area contributed by atoms with Gasteiger partial charge in [-0.2, -0.15) is 0 Å². The summed E-state index contributed by atoms with van der Waals surface area (Å²) in [5.41, 5.74) is 3.61. The van der Waals surface area contributed by atoms with Gasteiger partial charge in [0.15, 0.2) is 0 Å². The molecule has 1 saturated carbocycles. The SMILES string of the molecule is CC(C(=O)NCc1ccc(-c2ccc3c(c2)CCO3)cc1)N1C(=O)NC2(CCCC2)C1=O. The molecule has 0 radical (unpaired) electrons. The second-order valence-electron chi connectivity index (χ2n) is 8.91. The first kappa shape index (κ1) is 20.5. The van der Waals surface area contributed by atoms with Crippen molar-refractivity contribution >= 4 is 17.8 Å². The molecule has 4 amide bonds. The predicted octanol–water partition coefficient (Wildman–Crippen LogP) is 3.16. The number of carbonyl (C=O) groups excluding carboxylic acids is 3. The Morgan fingerprint density at radius 3 is 2.59 bits per heavy atom. The molecule has 32 heavy (non-hydrogen) atoms. The van der Waals surface area contributed by atoms with Crippen molar-refractivity contribution in [3.63, 3.8) is 0 Å². The molecule has 0 aromatic heterocycles. The van der Waals surface area contributed by atoms with Crippen molar-refractivity contribution in [2.75, 3.05) is 6.61 Å². The van der Waals surface area contributed by atoms with Crippen LogP contribution in [0, 0.1) is 0 Å². The van der Waals surface area contributed by atoms with Gasteiger partial charge in [-0.1, -0.05) is 43.2 Å². The Morgan fingerprint density at radius 1 is 1.12 bits per heavy atom. The number of hydrogen-bond acceptors (Lipinski definition) is 4. The zero-order valence-corrected chi connectivity index (χ0v) is 18.1. The summed E-state index contributed by atoms with van der Waals surface area (Å²) in [7, 11) is 0. The van der Waals surface area contributed by atoms with E-state index in [0.29, 0.717) is 19.4 Å². The highest BCUT2D eigenvalue weighted by atomic mass is 16.5. The lowest BCUT2D eigenvalue weighted by atomic mass is 9.97. The van der Waals surface area contributed by atoms with Crippen LogP contribution in [0.5, 0.6) is 5.75 Å². The maximum absolute atomic E-state index is 12.9. The molecule has 1 unspecified atom stereocenters. The van der Waals surface area contributed by atoms with Gasteiger partial charge in [-0.3, -0.25) is 9.59 Å². The molecule has 2 heterocycles. The maximum atomic E-state index is 12.9. The van der Waals surface area contributed by atoms with Crippen LogP contribution >= 0.6 is 0 Å². The van der Waals surface area contributed by atoms with Gasteiger partial charge in [0.1, 0.15) is 17.3 Å². The Balaban J connectivity index is 1.20. The number of fused-ring (bicyclic) bond motifs is 1. The van der Waals surface area contributed by atoms with Crippen molar-refractivity contribution in [3.8, 4) is 16.9 Å². The van der Waals surface area contributed by atoms with E-state index in [1.54, 1.807) is 6.92 Å². The fourth-order valence-electron chi connectivity index (χ4n) is 4.95. The third-order valence-corrected chi connectivity index (χ3v) is 6.86. The third-order valence-electron chi connectivity index (χ3n) is 6.86. The van der Waals surface area contributed by atoms with Gasteiger partial charge in [-0.25, -0.2) is 9.69 Å². The molecule has 2 aromatic rings. The number of carbonyl (C=O) groups is 3. The summed E-state index contributed by atoms with van der Waals surface area (Å²) in [6.07, 6.45) is 4.05. The molecule has 1 saturated heterocycles. The zero-order chi connectivity index (χ0) is 22.3. The van der Waals surface area contributed by atoms with Crippen molar-refractivity contribution in [1.82, 2.24) is 15.5 Å². The fourth-order valence-corrected chi connectivity index (χ4v) is 4.95. The van der Waals surface area contributed by atoms with E-state index in [0.717, 1.165) is 53.2 Å². The number of urea groups is 1. The number of rotatable bonds is 5. The minimum absolute atomic E-state index is 0.272. The molecule has 3 aliphatic rings. The Kier molecular flexibility index (Phi) is 5.12. The molecule has 166 valence electrons. The highest BCUT2D eigenvalue weighted by Crippen LogP contribution is 2.36. The number of ether oxygens (including phenoxy) is 1. The molecule has 0 bridgehead atoms. The lowest BCUT2D eigenvalue weighted by Gasteiger charge is -2.23. The normalized spacial score (nSPS) is 19.6. The number of nitrogens with zero attached hydrogens (tertiary/aromatic N) is 1. The van der Waals surface area contributed by atoms with Crippen LogP contribution < -0.4 is 15.4 Å². The van der Waals surface area contributed by atoms with Gasteiger partial charge in [-0.05, 0) is 54.2 Å². The zero-order valence-electron chi connectivity index (χ0n) is 18.1. The van der Waals surface area contributed by atoms with Crippen molar-refractivity contribution in [2.45, 2.75) is 57.2 Å². The quantitative estimate of drug-likeness (QED) is 0.709. The van der Waals surface area contributed by atoms with E-state index in [1.165, 1.54) is 5.56 Å². The van der Waals surface area contributed by atoms with Crippen LogP contribution in [0.25, 0.3) is 11.1 Å². The maximum Gasteiger partial charge on any atom is 0.325 e. The average Bonchev–Trinajstić information content (AvgIpc) is 3.52. The third kappa shape index (κ3) is 3.51. The highest BCUT2D eigenvalue weighted by molar-refractivity contribution is 6.09. The van der Waals surface area contributed by atoms with Gasteiger partial charge < -0.3 is 15.4 Å². The van der Waals surface area contributed by atoms with E-state index in [2.05, 4.69) is 22.8 Å². The van der Waals surface area contributed by atoms with Gasteiger partial charge in [0.05, 0.1) is 6.61 Å².